The number of nitrogens with one attached hydrogen (secondary N) is 1. The maximum absolute atomic E-state index is 11.2. The Kier molecular flexibility index (Phi) is 16.6. The first-order chi connectivity index (χ1) is 6.07. The SMILES string of the molecule is CSCCC(N)C(=O)NCC(C)=O.Cl.S. The fourth-order valence-corrected chi connectivity index (χ4v) is 1.21. The lowest BCUT2D eigenvalue weighted by atomic mass is 10.2. The normalized spacial score (nSPS) is 10.6. The quantitative estimate of drug-likeness (QED) is 0.731. The van der Waals surface area contributed by atoms with E-state index in [2.05, 4.69) is 5.32 Å². The van der Waals surface area contributed by atoms with Gasteiger partial charge in [-0.2, -0.15) is 25.3 Å². The molecule has 92 valence electrons. The fraction of sp³-hybridized carbons (Fsp3) is 0.750. The van der Waals surface area contributed by atoms with E-state index >= 15 is 0 Å². The van der Waals surface area contributed by atoms with Gasteiger partial charge in [-0.15, -0.1) is 12.4 Å². The van der Waals surface area contributed by atoms with Gasteiger partial charge in [0.15, 0.2) is 0 Å². The molecule has 0 heterocycles. The number of carbonyl (C=O) groups is 2. The summed E-state index contributed by atoms with van der Waals surface area (Å²) in [6, 6.07) is -0.494. The first-order valence-electron chi connectivity index (χ1n) is 4.09. The van der Waals surface area contributed by atoms with Gasteiger partial charge in [0, 0.05) is 0 Å². The van der Waals surface area contributed by atoms with Crippen molar-refractivity contribution >= 4 is 49.4 Å². The van der Waals surface area contributed by atoms with Crippen LogP contribution in [0.1, 0.15) is 13.3 Å². The summed E-state index contributed by atoms with van der Waals surface area (Å²) in [4.78, 5) is 21.7. The molecule has 1 amide bonds. The predicted octanol–water partition coefficient (Wildman–Crippen LogP) is 0.307. The number of hydrogen-bond donors (Lipinski definition) is 2. The molecule has 0 radical (unpaired) electrons. The van der Waals surface area contributed by atoms with Crippen molar-refractivity contribution in [1.82, 2.24) is 5.32 Å². The molecule has 0 aromatic carbocycles. The summed E-state index contributed by atoms with van der Waals surface area (Å²) < 4.78 is 0. The van der Waals surface area contributed by atoms with Crippen LogP contribution in [0.2, 0.25) is 0 Å². The van der Waals surface area contributed by atoms with Crippen LogP contribution < -0.4 is 11.1 Å². The van der Waals surface area contributed by atoms with Gasteiger partial charge < -0.3 is 11.1 Å². The van der Waals surface area contributed by atoms with Crippen LogP contribution in [0, 0.1) is 0 Å². The highest BCUT2D eigenvalue weighted by Crippen LogP contribution is 1.98. The van der Waals surface area contributed by atoms with Gasteiger partial charge in [-0.3, -0.25) is 9.59 Å². The molecule has 0 aromatic heterocycles. The second-order valence-electron chi connectivity index (χ2n) is 2.81. The number of hydrogen-bond acceptors (Lipinski definition) is 4. The molecule has 1 unspecified atom stereocenters. The van der Waals surface area contributed by atoms with Crippen LogP contribution in [0.5, 0.6) is 0 Å². The largest absolute Gasteiger partial charge is 0.348 e. The van der Waals surface area contributed by atoms with Crippen LogP contribution in [0.3, 0.4) is 0 Å². The summed E-state index contributed by atoms with van der Waals surface area (Å²) in [6.07, 6.45) is 2.60. The van der Waals surface area contributed by atoms with Gasteiger partial charge in [-0.25, -0.2) is 0 Å². The van der Waals surface area contributed by atoms with Gasteiger partial charge >= 0.3 is 0 Å². The number of carbonyl (C=O) groups excluding carboxylic acids is 2. The third kappa shape index (κ3) is 12.0. The van der Waals surface area contributed by atoms with Crippen LogP contribution in [0.25, 0.3) is 0 Å². The van der Waals surface area contributed by atoms with E-state index in [1.165, 1.54) is 6.92 Å². The first-order valence-corrected chi connectivity index (χ1v) is 5.49. The number of thioether (sulfide) groups is 1. The predicted molar refractivity (Wildman–Crippen MR) is 72.3 cm³/mol. The Labute approximate surface area is 108 Å². The minimum atomic E-state index is -0.494. The monoisotopic (exact) mass is 274 g/mol. The topological polar surface area (TPSA) is 72.2 Å². The molecule has 0 aromatic rings. The highest BCUT2D eigenvalue weighted by molar-refractivity contribution is 7.98. The highest BCUT2D eigenvalue weighted by Gasteiger charge is 2.12. The zero-order valence-electron chi connectivity index (χ0n) is 8.91. The van der Waals surface area contributed by atoms with E-state index in [1.54, 1.807) is 11.8 Å². The van der Waals surface area contributed by atoms with Gasteiger partial charge in [0.05, 0.1) is 12.6 Å². The standard InChI is InChI=1S/C8H16N2O2S.ClH.H2S/c1-6(11)5-10-8(12)7(9)3-4-13-2;;/h7H,3-5,9H2,1-2H3,(H,10,12);1H;1H2. The lowest BCUT2D eigenvalue weighted by Gasteiger charge is -2.09. The smallest absolute Gasteiger partial charge is 0.237 e. The van der Waals surface area contributed by atoms with Gasteiger partial charge in [0.2, 0.25) is 5.91 Å². The summed E-state index contributed by atoms with van der Waals surface area (Å²) in [5.74, 6) is 0.545. The Morgan fingerprint density at radius 1 is 1.47 bits per heavy atom. The van der Waals surface area contributed by atoms with Crippen LogP contribution in [-0.2, 0) is 9.59 Å². The zero-order valence-corrected chi connectivity index (χ0v) is 11.5. The van der Waals surface area contributed by atoms with E-state index < -0.39 is 6.04 Å². The summed E-state index contributed by atoms with van der Waals surface area (Å²) in [6.45, 7) is 1.50. The van der Waals surface area contributed by atoms with Crippen molar-refractivity contribution < 1.29 is 9.59 Å². The zero-order chi connectivity index (χ0) is 10.3. The minimum absolute atomic E-state index is 0. The van der Waals surface area contributed by atoms with Crippen LogP contribution in [-0.4, -0.2) is 36.3 Å². The molecule has 0 saturated heterocycles. The lowest BCUT2D eigenvalue weighted by molar-refractivity contribution is -0.125. The molecule has 0 fully saturated rings. The van der Waals surface area contributed by atoms with Crippen molar-refractivity contribution in [2.45, 2.75) is 19.4 Å². The molecule has 0 saturated carbocycles. The summed E-state index contributed by atoms with van der Waals surface area (Å²) in [5.41, 5.74) is 5.55. The van der Waals surface area contributed by atoms with E-state index in [0.717, 1.165) is 5.75 Å². The average Bonchev–Trinajstić information content (AvgIpc) is 2.10. The molecule has 1 atom stereocenters. The van der Waals surface area contributed by atoms with E-state index in [-0.39, 0.29) is 44.1 Å². The third-order valence-electron chi connectivity index (χ3n) is 1.48. The van der Waals surface area contributed by atoms with Crippen molar-refractivity contribution in [3.63, 3.8) is 0 Å². The first kappa shape index (κ1) is 20.5. The molecule has 0 aliphatic carbocycles. The molecule has 0 aliphatic rings. The van der Waals surface area contributed by atoms with Gasteiger partial charge in [-0.1, -0.05) is 0 Å². The molecule has 15 heavy (non-hydrogen) atoms. The van der Waals surface area contributed by atoms with Crippen molar-refractivity contribution in [2.75, 3.05) is 18.6 Å². The Balaban J connectivity index is -0.000000720. The number of amides is 1. The number of halogens is 1. The molecule has 4 nitrogen and oxygen atoms in total. The van der Waals surface area contributed by atoms with E-state index in [4.69, 9.17) is 5.73 Å². The molecule has 0 bridgehead atoms. The van der Waals surface area contributed by atoms with Crippen molar-refractivity contribution in [2.24, 2.45) is 5.73 Å². The van der Waals surface area contributed by atoms with Crippen LogP contribution >= 0.6 is 37.7 Å². The number of Topliss-reactive ketones (excluding diaryl/α,β-unsaturated/α-hetero) is 1. The molecule has 0 aliphatic heterocycles. The molecule has 3 N–H and O–H groups in total. The molecular weight excluding hydrogens is 256 g/mol. The van der Waals surface area contributed by atoms with E-state index in [0.29, 0.717) is 6.42 Å². The fourth-order valence-electron chi connectivity index (χ4n) is 0.719. The molecule has 7 heteroatoms. The Hall–Kier alpha value is 0.0900. The minimum Gasteiger partial charge on any atom is -0.348 e. The number of rotatable bonds is 6. The van der Waals surface area contributed by atoms with E-state index in [9.17, 15) is 9.59 Å². The van der Waals surface area contributed by atoms with Gasteiger partial charge in [0.25, 0.3) is 0 Å². The summed E-state index contributed by atoms with van der Waals surface area (Å²) >= 11 is 1.64. The second kappa shape index (κ2) is 12.2. The maximum Gasteiger partial charge on any atom is 0.237 e. The lowest BCUT2D eigenvalue weighted by Crippen LogP contribution is -2.42. The Morgan fingerprint density at radius 2 is 2.00 bits per heavy atom. The molecule has 0 rings (SSSR count). The van der Waals surface area contributed by atoms with E-state index in [1.807, 2.05) is 6.26 Å². The van der Waals surface area contributed by atoms with Gasteiger partial charge in [0.1, 0.15) is 5.78 Å². The molecule has 0 spiro atoms. The van der Waals surface area contributed by atoms with Crippen LogP contribution in [0.15, 0.2) is 0 Å². The van der Waals surface area contributed by atoms with Crippen LogP contribution in [0.4, 0.5) is 0 Å². The maximum atomic E-state index is 11.2. The highest BCUT2D eigenvalue weighted by atomic mass is 35.5. The Bertz CT molecular complexity index is 193. The average molecular weight is 275 g/mol. The van der Waals surface area contributed by atoms with Gasteiger partial charge in [-0.05, 0) is 25.4 Å². The van der Waals surface area contributed by atoms with Crippen molar-refractivity contribution in [3.8, 4) is 0 Å². The van der Waals surface area contributed by atoms with Crippen molar-refractivity contribution in [1.29, 1.82) is 0 Å². The summed E-state index contributed by atoms with van der Waals surface area (Å²) in [7, 11) is 0. The molecular formula is C8H19ClN2O2S2. The number of nitrogens with two attached hydrogens (primary N) is 1. The second-order valence-corrected chi connectivity index (χ2v) is 3.79. The van der Waals surface area contributed by atoms with Crippen molar-refractivity contribution in [3.05, 3.63) is 0 Å². The Morgan fingerprint density at radius 3 is 2.40 bits per heavy atom. The third-order valence-corrected chi connectivity index (χ3v) is 2.13. The number of ketones is 1. The summed E-state index contributed by atoms with van der Waals surface area (Å²) in [5, 5.41) is 2.47.